The largest absolute Gasteiger partial charge is 0.489 e. The van der Waals surface area contributed by atoms with Gasteiger partial charge in [0, 0.05) is 44.0 Å². The van der Waals surface area contributed by atoms with Crippen molar-refractivity contribution in [3.05, 3.63) is 190 Å². The molecular weight excluding hydrogens is 1390 g/mol. The molecule has 1 heterocycles. The number of nitrogen functional groups attached to an aromatic ring is 6. The van der Waals surface area contributed by atoms with Gasteiger partial charge in [-0.25, -0.2) is 26.3 Å². The first-order valence-corrected chi connectivity index (χ1v) is 32.9. The van der Waals surface area contributed by atoms with Gasteiger partial charge in [-0.3, -0.25) is 0 Å². The van der Waals surface area contributed by atoms with Gasteiger partial charge in [0.05, 0.1) is 54.7 Å². The summed E-state index contributed by atoms with van der Waals surface area (Å²) >= 11 is 6.14. The Morgan fingerprint density at radius 2 is 0.898 bits per heavy atom. The molecular formula is C72H78B2Br2F6N12O4. The highest BCUT2D eigenvalue weighted by molar-refractivity contribution is 9.11. The second-order valence-corrected chi connectivity index (χ2v) is 27.4. The first-order valence-electron chi connectivity index (χ1n) is 31.3. The van der Waals surface area contributed by atoms with E-state index in [-0.39, 0.29) is 67.9 Å². The Balaban J connectivity index is 0.000000204. The summed E-state index contributed by atoms with van der Waals surface area (Å²) in [5, 5.41) is 68.3. The smallest absolute Gasteiger partial charge is 0.427 e. The van der Waals surface area contributed by atoms with Gasteiger partial charge < -0.3 is 53.8 Å². The number of nitrogens with two attached hydrogens (primary N) is 6. The maximum atomic E-state index is 13.9. The molecule has 26 heteroatoms. The lowest BCUT2D eigenvalue weighted by Gasteiger charge is -2.32. The van der Waals surface area contributed by atoms with E-state index in [0.717, 1.165) is 104 Å². The molecule has 5 aliphatic carbocycles. The molecule has 0 spiro atoms. The van der Waals surface area contributed by atoms with Crippen molar-refractivity contribution in [2.75, 3.05) is 34.4 Å². The molecule has 0 radical (unpaired) electrons. The fraction of sp³-hybridized carbons (Fsp3) is 0.361. The molecule has 5 saturated carbocycles. The molecule has 512 valence electrons. The quantitative estimate of drug-likeness (QED) is 0.0399. The van der Waals surface area contributed by atoms with Crippen molar-refractivity contribution in [2.45, 2.75) is 166 Å². The van der Waals surface area contributed by atoms with Crippen molar-refractivity contribution in [1.29, 1.82) is 31.6 Å². The van der Waals surface area contributed by atoms with Crippen molar-refractivity contribution in [3.8, 4) is 36.4 Å². The van der Waals surface area contributed by atoms with Crippen molar-refractivity contribution in [2.24, 2.45) is 0 Å². The third-order valence-corrected chi connectivity index (χ3v) is 18.2. The zero-order valence-corrected chi connectivity index (χ0v) is 58.9. The molecule has 0 bridgehead atoms. The lowest BCUT2D eigenvalue weighted by molar-refractivity contribution is 0.00578. The summed E-state index contributed by atoms with van der Waals surface area (Å²) < 4.78 is 91.6. The van der Waals surface area contributed by atoms with Crippen LogP contribution in [0.25, 0.3) is 5.57 Å². The van der Waals surface area contributed by atoms with Crippen LogP contribution in [-0.4, -0.2) is 35.5 Å². The predicted molar refractivity (Wildman–Crippen MR) is 379 cm³/mol. The van der Waals surface area contributed by atoms with E-state index in [4.69, 9.17) is 85.3 Å². The summed E-state index contributed by atoms with van der Waals surface area (Å²) in [6.07, 6.45) is 10.7. The molecule has 6 aromatic rings. The average molecular weight is 1470 g/mol. The second-order valence-electron chi connectivity index (χ2n) is 25.8. The number of hydrogen-bond donors (Lipinski definition) is 8. The topological polar surface area (TPSA) is 358 Å². The average Bonchev–Trinajstić information content (AvgIpc) is 1.76. The van der Waals surface area contributed by atoms with Crippen molar-refractivity contribution in [1.82, 2.24) is 0 Å². The van der Waals surface area contributed by atoms with E-state index >= 15 is 0 Å². The highest BCUT2D eigenvalue weighted by atomic mass is 79.9. The van der Waals surface area contributed by atoms with Crippen LogP contribution in [-0.2, 0) is 9.31 Å². The minimum absolute atomic E-state index is 0.00537. The Morgan fingerprint density at radius 1 is 0.520 bits per heavy atom. The van der Waals surface area contributed by atoms with Crippen LogP contribution < -0.4 is 34.4 Å². The van der Waals surface area contributed by atoms with E-state index < -0.39 is 42.0 Å². The molecule has 0 aromatic heterocycles. The minimum Gasteiger partial charge on any atom is -0.427 e. The van der Waals surface area contributed by atoms with Gasteiger partial charge in [0.15, 0.2) is 5.82 Å². The van der Waals surface area contributed by atoms with Crippen LogP contribution in [0.4, 0.5) is 60.5 Å². The van der Waals surface area contributed by atoms with E-state index in [1.165, 1.54) is 24.3 Å². The fourth-order valence-corrected chi connectivity index (χ4v) is 10.4. The molecule has 0 amide bonds. The monoisotopic (exact) mass is 1470 g/mol. The second kappa shape index (κ2) is 34.5. The summed E-state index contributed by atoms with van der Waals surface area (Å²) in [4.78, 5) is 0. The maximum absolute atomic E-state index is 13.9. The van der Waals surface area contributed by atoms with E-state index in [1.54, 1.807) is 43.3 Å². The van der Waals surface area contributed by atoms with Crippen molar-refractivity contribution in [3.63, 3.8) is 0 Å². The number of benzene rings is 6. The first kappa shape index (κ1) is 79.7. The molecule has 0 atom stereocenters. The number of rotatable bonds is 8. The summed E-state index contributed by atoms with van der Waals surface area (Å²) in [6.45, 7) is 23.1. The Hall–Kier alpha value is -8.95. The summed E-state index contributed by atoms with van der Waals surface area (Å²) in [6, 6.07) is 24.8. The summed E-state index contributed by atoms with van der Waals surface area (Å²) in [5.41, 5.74) is 42.3. The Morgan fingerprint density at radius 3 is 1.27 bits per heavy atom. The normalized spacial score (nSPS) is 15.5. The number of nitrogens with zero attached hydrogens (tertiary/aromatic N) is 6. The molecule has 16 nitrogen and oxygen atoms in total. The Bertz CT molecular complexity index is 4230. The molecule has 6 fully saturated rings. The Labute approximate surface area is 586 Å². The number of anilines is 6. The van der Waals surface area contributed by atoms with Crippen LogP contribution in [0.2, 0.25) is 5.82 Å². The van der Waals surface area contributed by atoms with Crippen molar-refractivity contribution < 1.29 is 45.7 Å². The molecule has 6 aromatic carbocycles. The molecule has 98 heavy (non-hydrogen) atoms. The highest BCUT2D eigenvalue weighted by Gasteiger charge is 2.51. The molecule has 14 N–H and O–H groups in total. The molecule has 1 saturated heterocycles. The van der Waals surface area contributed by atoms with Gasteiger partial charge >= 0.3 is 14.2 Å². The summed E-state index contributed by atoms with van der Waals surface area (Å²) in [7, 11) is -1.28. The molecule has 12 rings (SSSR count). The van der Waals surface area contributed by atoms with E-state index in [1.807, 2.05) is 72.7 Å². The van der Waals surface area contributed by atoms with Gasteiger partial charge in [0.2, 0.25) is 0 Å². The first-order chi connectivity index (χ1) is 45.9. The van der Waals surface area contributed by atoms with E-state index in [2.05, 4.69) is 45.0 Å². The van der Waals surface area contributed by atoms with Gasteiger partial charge in [0.25, 0.3) is 0 Å². The van der Waals surface area contributed by atoms with Gasteiger partial charge in [-0.1, -0.05) is 38.7 Å². The van der Waals surface area contributed by atoms with Gasteiger partial charge in [-0.05, 0) is 249 Å². The molecule has 6 aliphatic rings. The predicted octanol–water partition coefficient (Wildman–Crippen LogP) is 16.7. The van der Waals surface area contributed by atoms with E-state index in [9.17, 15) is 26.3 Å². The number of allylic oxidation sites excluding steroid dienone is 2. The molecule has 0 unspecified atom stereocenters. The minimum atomic E-state index is -1.04. The SMILES string of the molecule is C=C(C)B1OC(C)(C)C(C)(C)O1.C=C(C)c1c(N)c(C2CC2)cc(C#N)c1F.CC(C)c1c(N)c(C2CC2)cc(C#N)c1F.N#Cc1cc(Br)c(N)cc1F.N#Cc1cc(C2CC2)c(N)c(Br)c1F.N#Cc1cc(C2CC2)c(N)cc1F.N#Cc1ccc(N)cc1F.OB(O)C1CC1. The van der Waals surface area contributed by atoms with Crippen LogP contribution in [0.3, 0.4) is 0 Å². The number of hydrogen-bond acceptors (Lipinski definition) is 16. The van der Waals surface area contributed by atoms with Crippen molar-refractivity contribution >= 4 is 85.8 Å². The zero-order valence-electron chi connectivity index (χ0n) is 55.8. The van der Waals surface area contributed by atoms with Gasteiger partial charge in [-0.2, -0.15) is 31.6 Å². The highest BCUT2D eigenvalue weighted by Crippen LogP contribution is 2.49. The van der Waals surface area contributed by atoms with Crippen LogP contribution in [0.15, 0.2) is 88.2 Å². The van der Waals surface area contributed by atoms with Crippen LogP contribution >= 0.6 is 31.9 Å². The Kier molecular flexibility index (Phi) is 28.1. The summed E-state index contributed by atoms with van der Waals surface area (Å²) in [5.74, 6) is -1.32. The third-order valence-electron chi connectivity index (χ3n) is 16.7. The number of halogens is 8. The fourth-order valence-electron chi connectivity index (χ4n) is 9.64. The number of nitriles is 6. The lowest BCUT2D eigenvalue weighted by Crippen LogP contribution is -2.41. The van der Waals surface area contributed by atoms with Gasteiger partial charge in [0.1, 0.15) is 65.5 Å². The standard InChI is InChI=1S/C13H15FN2.C13H13FN2.C10H8BrFN2.C10H9FN2.C9H17BO2.C7H4BrFN2.C7H5FN2.C3H7BO2/c2*1-7(2)11-12(14)9(6-15)5-10(13(11)16)8-3-4-8;11-8-9(12)6(4-13)3-7(10(8)14)5-1-2-5;11-9-4-10(13)8(6-1-2-6)3-7(9)5-12;1-7(2)10-11-8(3,4)9(5,6)12-10;8-5-1-4(3-10)6(9)2-7(5)11;8-7-3-6(10)2-1-5(7)4-9;5-4(6)3-1-2-3/h5,7-8H,3-4,16H2,1-2H3;5,8H,1,3-4,16H2,2H3;3,5H,1-2,14H2;3-4,6H,1-2,13H2;1H2,2-6H3;1-2H,11H2;1-3H,10H2;3,5-6H,1-2H2. The third kappa shape index (κ3) is 21.3. The van der Waals surface area contributed by atoms with Gasteiger partial charge in [-0.15, -0.1) is 6.58 Å². The van der Waals surface area contributed by atoms with Crippen LogP contribution in [0.1, 0.15) is 216 Å². The van der Waals surface area contributed by atoms with Crippen LogP contribution in [0.5, 0.6) is 0 Å². The maximum Gasteiger partial charge on any atom is 0.489 e. The van der Waals surface area contributed by atoms with E-state index in [0.29, 0.717) is 79.0 Å². The zero-order chi connectivity index (χ0) is 73.6. The van der Waals surface area contributed by atoms with Crippen LogP contribution in [0, 0.1) is 103 Å². The molecule has 1 aliphatic heterocycles. The lowest BCUT2D eigenvalue weighted by atomic mass is 9.81.